The summed E-state index contributed by atoms with van der Waals surface area (Å²) >= 11 is 1.88. The zero-order valence-corrected chi connectivity index (χ0v) is 46.0. The maximum absolute atomic E-state index is 4.64. The van der Waals surface area contributed by atoms with Crippen LogP contribution in [0.15, 0.2) is 280 Å². The summed E-state index contributed by atoms with van der Waals surface area (Å²) < 4.78 is 2.54. The van der Waals surface area contributed by atoms with Crippen molar-refractivity contribution in [1.29, 1.82) is 0 Å². The van der Waals surface area contributed by atoms with Crippen molar-refractivity contribution in [3.05, 3.63) is 319 Å². The lowest BCUT2D eigenvalue weighted by Gasteiger charge is -2.32. The lowest BCUT2D eigenvalue weighted by atomic mass is 9.69. The molecule has 2 aliphatic carbocycles. The normalized spacial score (nSPS) is 13.9. The van der Waals surface area contributed by atoms with Gasteiger partial charge in [-0.25, -0.2) is 0 Å². The molecule has 382 valence electrons. The second kappa shape index (κ2) is 19.5. The molecule has 1 heterocycles. The highest BCUT2D eigenvalue weighted by Crippen LogP contribution is 2.66. The fraction of sp³-hybridized carbons (Fsp3) is 0.0380. The van der Waals surface area contributed by atoms with Gasteiger partial charge in [-0.1, -0.05) is 249 Å². The van der Waals surface area contributed by atoms with E-state index in [0.29, 0.717) is 0 Å². The molecule has 1 aromatic heterocycles. The van der Waals surface area contributed by atoms with Gasteiger partial charge >= 0.3 is 0 Å². The van der Waals surface area contributed by atoms with Gasteiger partial charge in [0, 0.05) is 26.5 Å². The Balaban J connectivity index is 0.000000752. The average molecular weight is 1050 g/mol. The third-order valence-electron chi connectivity index (χ3n) is 17.1. The number of hydrogen-bond donors (Lipinski definition) is 0. The molecule has 2 aliphatic rings. The Hall–Kier alpha value is -9.86. The van der Waals surface area contributed by atoms with Crippen LogP contribution in [0, 0.1) is 6.92 Å². The Morgan fingerprint density at radius 1 is 0.407 bits per heavy atom. The van der Waals surface area contributed by atoms with E-state index in [2.05, 4.69) is 292 Å². The zero-order valence-electron chi connectivity index (χ0n) is 45.2. The van der Waals surface area contributed by atoms with Gasteiger partial charge in [0.05, 0.1) is 21.5 Å². The van der Waals surface area contributed by atoms with Crippen molar-refractivity contribution in [3.63, 3.8) is 0 Å². The SMILES string of the molecule is C=Cc1c(/C=C\C)c(-c2ccc(N(c3ccccc3)c3ccc(-c4ccccc4)c4c3sc3ccccc34)c3ccccc23)cc2c1-c1ccccc1C21c2cc3ccccc3cc2-c2c1ccc1ccccc21.Cc1ccccc1. The number of fused-ring (bicyclic) bond motifs is 17. The quantitative estimate of drug-likeness (QED) is 0.154. The molecule has 0 aliphatic heterocycles. The van der Waals surface area contributed by atoms with Gasteiger partial charge in [-0.2, -0.15) is 0 Å². The molecule has 0 bridgehead atoms. The predicted octanol–water partition coefficient (Wildman–Crippen LogP) is 22.3. The maximum Gasteiger partial charge on any atom is 0.0726 e. The third kappa shape index (κ3) is 7.45. The molecule has 0 fully saturated rings. The summed E-state index contributed by atoms with van der Waals surface area (Å²) in [7, 11) is 0. The second-order valence-electron chi connectivity index (χ2n) is 21.4. The molecule has 81 heavy (non-hydrogen) atoms. The van der Waals surface area contributed by atoms with Gasteiger partial charge in [0.2, 0.25) is 0 Å². The van der Waals surface area contributed by atoms with E-state index >= 15 is 0 Å². The number of aryl methyl sites for hydroxylation is 1. The summed E-state index contributed by atoms with van der Waals surface area (Å²) in [6.45, 7) is 8.86. The van der Waals surface area contributed by atoms with Crippen molar-refractivity contribution in [2.75, 3.05) is 4.90 Å². The maximum atomic E-state index is 4.64. The molecule has 2 heteroatoms. The van der Waals surface area contributed by atoms with E-state index < -0.39 is 5.41 Å². The van der Waals surface area contributed by atoms with E-state index in [-0.39, 0.29) is 0 Å². The Morgan fingerprint density at radius 3 is 1.77 bits per heavy atom. The summed E-state index contributed by atoms with van der Waals surface area (Å²) in [4.78, 5) is 2.50. The first-order valence-corrected chi connectivity index (χ1v) is 28.9. The monoisotopic (exact) mass is 1050 g/mol. The molecule has 1 spiro atoms. The Labute approximate surface area is 477 Å². The van der Waals surface area contributed by atoms with Crippen LogP contribution in [-0.4, -0.2) is 0 Å². The first-order valence-electron chi connectivity index (χ1n) is 28.1. The lowest BCUT2D eigenvalue weighted by molar-refractivity contribution is 0.796. The van der Waals surface area contributed by atoms with Crippen LogP contribution < -0.4 is 4.90 Å². The van der Waals surface area contributed by atoms with Crippen molar-refractivity contribution >= 4 is 93.0 Å². The summed E-state index contributed by atoms with van der Waals surface area (Å²) in [5.74, 6) is 0. The van der Waals surface area contributed by atoms with Crippen LogP contribution in [0.2, 0.25) is 0 Å². The van der Waals surface area contributed by atoms with Crippen molar-refractivity contribution in [1.82, 2.24) is 0 Å². The fourth-order valence-corrected chi connectivity index (χ4v) is 14.9. The average Bonchev–Trinajstić information content (AvgIpc) is 1.94. The number of anilines is 3. The second-order valence-corrected chi connectivity index (χ2v) is 22.5. The van der Waals surface area contributed by atoms with Crippen LogP contribution in [0.5, 0.6) is 0 Å². The van der Waals surface area contributed by atoms with Crippen LogP contribution in [0.25, 0.3) is 109 Å². The lowest BCUT2D eigenvalue weighted by Crippen LogP contribution is -2.26. The third-order valence-corrected chi connectivity index (χ3v) is 18.3. The number of para-hydroxylation sites is 1. The number of rotatable bonds is 7. The van der Waals surface area contributed by atoms with E-state index in [0.717, 1.165) is 22.6 Å². The molecule has 0 saturated heterocycles. The van der Waals surface area contributed by atoms with Crippen molar-refractivity contribution in [2.45, 2.75) is 19.3 Å². The summed E-state index contributed by atoms with van der Waals surface area (Å²) in [5.41, 5.74) is 21.7. The van der Waals surface area contributed by atoms with E-state index in [4.69, 9.17) is 0 Å². The van der Waals surface area contributed by atoms with Crippen LogP contribution in [0.3, 0.4) is 0 Å². The van der Waals surface area contributed by atoms with Crippen molar-refractivity contribution < 1.29 is 0 Å². The Morgan fingerprint density at radius 2 is 1.02 bits per heavy atom. The first kappa shape index (κ1) is 48.3. The summed E-state index contributed by atoms with van der Waals surface area (Å²) in [6, 6.07) is 98.7. The number of allylic oxidation sites excluding steroid dienone is 1. The van der Waals surface area contributed by atoms with Crippen LogP contribution in [-0.2, 0) is 5.41 Å². The predicted molar refractivity (Wildman–Crippen MR) is 350 cm³/mol. The van der Waals surface area contributed by atoms with Crippen LogP contribution in [0.4, 0.5) is 17.1 Å². The topological polar surface area (TPSA) is 3.24 Å². The highest BCUT2D eigenvalue weighted by molar-refractivity contribution is 7.26. The molecule has 1 atom stereocenters. The molecule has 0 saturated carbocycles. The van der Waals surface area contributed by atoms with E-state index in [1.54, 1.807) is 0 Å². The summed E-state index contributed by atoms with van der Waals surface area (Å²) in [6.07, 6.45) is 6.62. The molecule has 0 radical (unpaired) electrons. The van der Waals surface area contributed by atoms with Gasteiger partial charge in [0.1, 0.15) is 0 Å². The van der Waals surface area contributed by atoms with Gasteiger partial charge in [0.15, 0.2) is 0 Å². The number of nitrogens with zero attached hydrogens (tertiary/aromatic N) is 1. The Kier molecular flexibility index (Phi) is 11.6. The van der Waals surface area contributed by atoms with E-state index in [1.807, 2.05) is 29.5 Å². The number of thiophene rings is 1. The van der Waals surface area contributed by atoms with Crippen molar-refractivity contribution in [2.24, 2.45) is 0 Å². The van der Waals surface area contributed by atoms with Crippen LogP contribution in [0.1, 0.15) is 45.9 Å². The van der Waals surface area contributed by atoms with Crippen LogP contribution >= 0.6 is 11.3 Å². The van der Waals surface area contributed by atoms with E-state index in [1.165, 1.54) is 130 Å². The minimum absolute atomic E-state index is 0.590. The molecule has 1 nitrogen and oxygen atoms in total. The van der Waals surface area contributed by atoms with Gasteiger partial charge in [-0.05, 0) is 167 Å². The fourth-order valence-electron chi connectivity index (χ4n) is 13.7. The van der Waals surface area contributed by atoms with Crippen molar-refractivity contribution in [3.8, 4) is 44.5 Å². The zero-order chi connectivity index (χ0) is 54.2. The first-order chi connectivity index (χ1) is 40.0. The Bertz CT molecular complexity index is 4850. The highest BCUT2D eigenvalue weighted by Gasteiger charge is 2.53. The molecule has 13 aromatic carbocycles. The van der Waals surface area contributed by atoms with Gasteiger partial charge < -0.3 is 4.90 Å². The van der Waals surface area contributed by atoms with E-state index in [9.17, 15) is 0 Å². The molecule has 16 rings (SSSR count). The standard InChI is InChI=1S/C72H47NS.C7H8/c1-3-21-53-50(4-2)68-57-32-17-19-34-61(57)72(62-39-36-46-24-13-14-29-51(46)69(62)60-42-47-25-11-12-26-48(47)43-63(60)72)64(68)44-59(53)55-38-40-65(56-31-16-15-30-54(55)56)73(49-27-9-6-10-28-49)66-41-37-52(45-22-7-5-8-23-45)70-58-33-18-20-35-67(58)74-71(66)70;1-7-5-3-2-4-6-7/h3-44H,2H2,1H3;2-6H,1H3/b21-3-;. The molecule has 0 amide bonds. The molecule has 1 unspecified atom stereocenters. The summed E-state index contributed by atoms with van der Waals surface area (Å²) in [5, 5.41) is 9.96. The number of hydrogen-bond acceptors (Lipinski definition) is 2. The highest BCUT2D eigenvalue weighted by atomic mass is 32.1. The molecular formula is C79H55NS. The van der Waals surface area contributed by atoms with Gasteiger partial charge in [-0.3, -0.25) is 0 Å². The smallest absolute Gasteiger partial charge is 0.0726 e. The minimum Gasteiger partial charge on any atom is -0.308 e. The molecule has 14 aromatic rings. The van der Waals surface area contributed by atoms with Gasteiger partial charge in [0.25, 0.3) is 0 Å². The van der Waals surface area contributed by atoms with Gasteiger partial charge in [-0.15, -0.1) is 11.3 Å². The number of benzene rings is 13. The molecule has 0 N–H and O–H groups in total. The largest absolute Gasteiger partial charge is 0.308 e. The molecular weight excluding hydrogens is 995 g/mol. The minimum atomic E-state index is -0.590.